The number of imide groups is 1. The maximum atomic E-state index is 13.1. The molecule has 0 bridgehead atoms. The highest BCUT2D eigenvalue weighted by Crippen LogP contribution is 2.40. The smallest absolute Gasteiger partial charge is 0.262 e. The highest BCUT2D eigenvalue weighted by Gasteiger charge is 2.51. The molecule has 24 heavy (non-hydrogen) atoms. The van der Waals surface area contributed by atoms with Crippen LogP contribution >= 0.6 is 11.8 Å². The van der Waals surface area contributed by atoms with E-state index in [0.717, 1.165) is 17.1 Å². The fraction of sp³-hybridized carbons (Fsp3) is 0.471. The van der Waals surface area contributed by atoms with Gasteiger partial charge in [-0.2, -0.15) is 0 Å². The van der Waals surface area contributed by atoms with Crippen LogP contribution in [-0.2, 0) is 15.6 Å². The van der Waals surface area contributed by atoms with E-state index in [9.17, 15) is 18.6 Å². The zero-order valence-electron chi connectivity index (χ0n) is 13.6. The van der Waals surface area contributed by atoms with E-state index in [1.807, 2.05) is 6.92 Å². The van der Waals surface area contributed by atoms with E-state index < -0.39 is 32.7 Å². The number of thioether (sulfide) groups is 1. The topological polar surface area (TPSA) is 71.5 Å². The minimum absolute atomic E-state index is 0.289. The summed E-state index contributed by atoms with van der Waals surface area (Å²) >= 11 is 1.40. The second-order valence-electron chi connectivity index (χ2n) is 5.92. The molecule has 0 saturated carbocycles. The van der Waals surface area contributed by atoms with Gasteiger partial charge in [-0.1, -0.05) is 19.1 Å². The summed E-state index contributed by atoms with van der Waals surface area (Å²) in [6.07, 6.45) is 1.24. The van der Waals surface area contributed by atoms with Crippen molar-refractivity contribution in [2.75, 3.05) is 11.5 Å². The Bertz CT molecular complexity index is 713. The van der Waals surface area contributed by atoms with Crippen molar-refractivity contribution < 1.29 is 18.6 Å². The van der Waals surface area contributed by atoms with Gasteiger partial charge in [0.25, 0.3) is 11.8 Å². The number of hydrogen-bond acceptors (Lipinski definition) is 5. The van der Waals surface area contributed by atoms with Gasteiger partial charge in [-0.25, -0.2) is 0 Å². The monoisotopic (exact) mass is 365 g/mol. The number of fused-ring (bicyclic) bond motifs is 1. The van der Waals surface area contributed by atoms with Gasteiger partial charge in [-0.05, 0) is 37.7 Å². The van der Waals surface area contributed by atoms with Crippen molar-refractivity contribution in [3.8, 4) is 0 Å². The maximum absolute atomic E-state index is 13.1. The molecule has 3 rings (SSSR count). The summed E-state index contributed by atoms with van der Waals surface area (Å²) in [7, 11) is -1.30. The van der Waals surface area contributed by atoms with Gasteiger partial charge < -0.3 is 0 Å². The fourth-order valence-electron chi connectivity index (χ4n) is 3.27. The Hall–Kier alpha value is -1.47. The third kappa shape index (κ3) is 2.45. The molecular weight excluding hydrogens is 346 g/mol. The van der Waals surface area contributed by atoms with Crippen molar-refractivity contribution >= 4 is 40.2 Å². The summed E-state index contributed by atoms with van der Waals surface area (Å²) < 4.78 is 11.5. The first-order chi connectivity index (χ1) is 11.4. The molecule has 2 aliphatic rings. The molecule has 0 radical (unpaired) electrons. The zero-order chi connectivity index (χ0) is 17.5. The van der Waals surface area contributed by atoms with Gasteiger partial charge in [0, 0.05) is 16.6 Å². The average molecular weight is 365 g/mol. The first-order valence-electron chi connectivity index (χ1n) is 7.97. The van der Waals surface area contributed by atoms with Gasteiger partial charge in [0.05, 0.1) is 17.2 Å². The van der Waals surface area contributed by atoms with Gasteiger partial charge in [-0.15, -0.1) is 11.8 Å². The van der Waals surface area contributed by atoms with Crippen LogP contribution in [0.5, 0.6) is 0 Å². The molecule has 0 N–H and O–H groups in total. The number of ketones is 1. The Morgan fingerprint density at radius 1 is 1.29 bits per heavy atom. The summed E-state index contributed by atoms with van der Waals surface area (Å²) in [6, 6.07) is 5.65. The van der Waals surface area contributed by atoms with Crippen LogP contribution in [-0.4, -0.2) is 48.3 Å². The van der Waals surface area contributed by atoms with E-state index >= 15 is 0 Å². The molecule has 2 heterocycles. The quantitative estimate of drug-likeness (QED) is 0.765. The van der Waals surface area contributed by atoms with Crippen molar-refractivity contribution in [3.05, 3.63) is 35.4 Å². The maximum Gasteiger partial charge on any atom is 0.262 e. The third-order valence-corrected chi connectivity index (χ3v) is 8.86. The van der Waals surface area contributed by atoms with E-state index in [0.29, 0.717) is 23.3 Å². The minimum atomic E-state index is -1.30. The predicted molar refractivity (Wildman–Crippen MR) is 94.5 cm³/mol. The van der Waals surface area contributed by atoms with Crippen molar-refractivity contribution in [2.45, 2.75) is 36.8 Å². The van der Waals surface area contributed by atoms with E-state index in [1.165, 1.54) is 11.8 Å². The lowest BCUT2D eigenvalue weighted by atomic mass is 10.1. The second kappa shape index (κ2) is 6.44. The molecule has 2 amide bonds. The summed E-state index contributed by atoms with van der Waals surface area (Å²) in [5, 5.41) is 0. The Morgan fingerprint density at radius 3 is 2.38 bits per heavy atom. The number of benzene rings is 1. The van der Waals surface area contributed by atoms with E-state index in [1.54, 1.807) is 31.2 Å². The number of carbonyl (C=O) groups excluding carboxylic acids is 3. The second-order valence-corrected chi connectivity index (χ2v) is 9.37. The van der Waals surface area contributed by atoms with Crippen LogP contribution in [0.2, 0.25) is 0 Å². The fourth-order valence-corrected chi connectivity index (χ4v) is 7.07. The summed E-state index contributed by atoms with van der Waals surface area (Å²) in [4.78, 5) is 39.3. The standard InChI is InChI=1S/C17H19NO4S2/c1-3-17(23-9-6-10-24(17)22)14(19)11(2)18-15(20)12-7-4-5-8-13(12)16(18)21/h4-5,7-8,11H,3,6,9-10H2,1-2H3/t11-,17+,24-/m1/s1. The number of nitrogens with zero attached hydrogens (tertiary/aromatic N) is 1. The minimum Gasteiger partial charge on any atom is -0.295 e. The normalized spacial score (nSPS) is 27.9. The van der Waals surface area contributed by atoms with Crippen LogP contribution in [0.3, 0.4) is 0 Å². The largest absolute Gasteiger partial charge is 0.295 e. The number of hydrogen-bond donors (Lipinski definition) is 0. The lowest BCUT2D eigenvalue weighted by molar-refractivity contribution is -0.122. The van der Waals surface area contributed by atoms with Crippen LogP contribution < -0.4 is 0 Å². The van der Waals surface area contributed by atoms with Crippen LogP contribution in [0.25, 0.3) is 0 Å². The average Bonchev–Trinajstić information content (AvgIpc) is 2.86. The SMILES string of the molecule is CC[C@]1(C(=O)[C@@H](C)N2C(=O)c3ccccc3C2=O)SCCC[S@]1=O. The first-order valence-corrected chi connectivity index (χ1v) is 10.3. The molecule has 2 aliphatic heterocycles. The molecule has 1 aromatic rings. The van der Waals surface area contributed by atoms with E-state index in [2.05, 4.69) is 0 Å². The molecule has 0 aromatic heterocycles. The van der Waals surface area contributed by atoms with Crippen LogP contribution in [0.15, 0.2) is 24.3 Å². The molecule has 0 unspecified atom stereocenters. The van der Waals surface area contributed by atoms with Crippen LogP contribution in [0.4, 0.5) is 0 Å². The van der Waals surface area contributed by atoms with Crippen molar-refractivity contribution in [1.29, 1.82) is 0 Å². The molecule has 0 aliphatic carbocycles. The molecule has 1 aromatic carbocycles. The zero-order valence-corrected chi connectivity index (χ0v) is 15.2. The lowest BCUT2D eigenvalue weighted by Crippen LogP contribution is -2.54. The molecule has 0 spiro atoms. The lowest BCUT2D eigenvalue weighted by Gasteiger charge is -2.36. The van der Waals surface area contributed by atoms with Gasteiger partial charge in [0.2, 0.25) is 0 Å². The van der Waals surface area contributed by atoms with Gasteiger partial charge >= 0.3 is 0 Å². The molecule has 1 fully saturated rings. The van der Waals surface area contributed by atoms with Crippen molar-refractivity contribution in [3.63, 3.8) is 0 Å². The summed E-state index contributed by atoms with van der Waals surface area (Å²) in [5.74, 6) is 0.0628. The molecule has 3 atom stereocenters. The molecule has 7 heteroatoms. The number of carbonyl (C=O) groups is 3. The van der Waals surface area contributed by atoms with Gasteiger partial charge in [0.15, 0.2) is 9.86 Å². The molecule has 5 nitrogen and oxygen atoms in total. The number of rotatable bonds is 4. The number of amides is 2. The molecular formula is C17H19NO4S2. The number of Topliss-reactive ketones (excluding diaryl/α,β-unsaturated/α-hetero) is 1. The summed E-state index contributed by atoms with van der Waals surface area (Å²) in [6.45, 7) is 3.40. The van der Waals surface area contributed by atoms with Crippen molar-refractivity contribution in [1.82, 2.24) is 4.90 Å². The Balaban J connectivity index is 1.93. The Kier molecular flexibility index (Phi) is 4.66. The van der Waals surface area contributed by atoms with Crippen molar-refractivity contribution in [2.24, 2.45) is 0 Å². The summed E-state index contributed by atoms with van der Waals surface area (Å²) in [5.41, 5.74) is 0.648. The van der Waals surface area contributed by atoms with Gasteiger partial charge in [0.1, 0.15) is 0 Å². The third-order valence-electron chi connectivity index (χ3n) is 4.61. The first kappa shape index (κ1) is 17.4. The van der Waals surface area contributed by atoms with E-state index in [-0.39, 0.29) is 5.78 Å². The highest BCUT2D eigenvalue weighted by molar-refractivity contribution is 8.14. The van der Waals surface area contributed by atoms with Crippen LogP contribution in [0, 0.1) is 0 Å². The predicted octanol–water partition coefficient (Wildman–Crippen LogP) is 2.23. The Labute approximate surface area is 147 Å². The molecule has 128 valence electrons. The van der Waals surface area contributed by atoms with Gasteiger partial charge in [-0.3, -0.25) is 23.5 Å². The molecule has 1 saturated heterocycles. The highest BCUT2D eigenvalue weighted by atomic mass is 32.2. The van der Waals surface area contributed by atoms with Crippen LogP contribution in [0.1, 0.15) is 47.4 Å². The Morgan fingerprint density at radius 2 is 1.88 bits per heavy atom. The van der Waals surface area contributed by atoms with E-state index in [4.69, 9.17) is 0 Å².